The van der Waals surface area contributed by atoms with Crippen LogP contribution in [0.3, 0.4) is 0 Å². The molecule has 0 heterocycles. The highest BCUT2D eigenvalue weighted by atomic mass is 35.5. The first-order valence-corrected chi connectivity index (χ1v) is 6.33. The normalized spacial score (nSPS) is 12.8. The van der Waals surface area contributed by atoms with E-state index in [9.17, 15) is 9.50 Å². The van der Waals surface area contributed by atoms with E-state index in [1.165, 1.54) is 18.2 Å². The lowest BCUT2D eigenvalue weighted by atomic mass is 10.2. The standard InChI is InChI=1S/C13H19ClFNO2/c1-9(2)6-16-7-10(17)8-18-11-3-4-13(15)12(14)5-11/h3-5,9-10,16-17H,6-8H2,1-2H3. The second kappa shape index (κ2) is 7.56. The fraction of sp³-hybridized carbons (Fsp3) is 0.538. The van der Waals surface area contributed by atoms with E-state index in [2.05, 4.69) is 19.2 Å². The van der Waals surface area contributed by atoms with Crippen LogP contribution in [0.1, 0.15) is 13.8 Å². The Morgan fingerprint density at radius 1 is 1.39 bits per heavy atom. The lowest BCUT2D eigenvalue weighted by molar-refractivity contribution is 0.106. The average molecular weight is 276 g/mol. The summed E-state index contributed by atoms with van der Waals surface area (Å²) in [7, 11) is 0. The van der Waals surface area contributed by atoms with E-state index in [0.717, 1.165) is 6.54 Å². The van der Waals surface area contributed by atoms with Gasteiger partial charge in [-0.05, 0) is 24.6 Å². The van der Waals surface area contributed by atoms with E-state index in [1.54, 1.807) is 0 Å². The van der Waals surface area contributed by atoms with Crippen LogP contribution in [0.15, 0.2) is 18.2 Å². The molecule has 1 unspecified atom stereocenters. The Balaban J connectivity index is 2.29. The van der Waals surface area contributed by atoms with Gasteiger partial charge in [0.15, 0.2) is 0 Å². The first-order chi connectivity index (χ1) is 8.49. The summed E-state index contributed by atoms with van der Waals surface area (Å²) in [6, 6.07) is 4.11. The maximum atomic E-state index is 12.9. The average Bonchev–Trinajstić information content (AvgIpc) is 2.30. The summed E-state index contributed by atoms with van der Waals surface area (Å²) >= 11 is 5.62. The SMILES string of the molecule is CC(C)CNCC(O)COc1ccc(F)c(Cl)c1. The van der Waals surface area contributed by atoms with Gasteiger partial charge in [-0.1, -0.05) is 25.4 Å². The molecule has 0 radical (unpaired) electrons. The van der Waals surface area contributed by atoms with Gasteiger partial charge in [0.2, 0.25) is 0 Å². The molecule has 0 saturated carbocycles. The molecule has 1 aromatic rings. The Hall–Kier alpha value is -0.840. The first kappa shape index (κ1) is 15.2. The topological polar surface area (TPSA) is 41.5 Å². The Morgan fingerprint density at radius 2 is 2.11 bits per heavy atom. The zero-order chi connectivity index (χ0) is 13.5. The lowest BCUT2D eigenvalue weighted by Gasteiger charge is -2.14. The molecule has 0 aromatic heterocycles. The van der Waals surface area contributed by atoms with Gasteiger partial charge < -0.3 is 15.2 Å². The molecule has 5 heteroatoms. The molecule has 0 aliphatic carbocycles. The highest BCUT2D eigenvalue weighted by Gasteiger charge is 2.07. The zero-order valence-electron chi connectivity index (χ0n) is 10.6. The molecule has 0 amide bonds. The third kappa shape index (κ3) is 5.67. The number of aliphatic hydroxyl groups is 1. The van der Waals surface area contributed by atoms with Crippen molar-refractivity contribution in [2.75, 3.05) is 19.7 Å². The summed E-state index contributed by atoms with van der Waals surface area (Å²) in [6.07, 6.45) is -0.604. The highest BCUT2D eigenvalue weighted by Crippen LogP contribution is 2.21. The van der Waals surface area contributed by atoms with Gasteiger partial charge in [-0.3, -0.25) is 0 Å². The summed E-state index contributed by atoms with van der Waals surface area (Å²) in [6.45, 7) is 5.65. The van der Waals surface area contributed by atoms with Crippen LogP contribution in [-0.4, -0.2) is 30.9 Å². The van der Waals surface area contributed by atoms with E-state index in [-0.39, 0.29) is 11.6 Å². The molecule has 2 N–H and O–H groups in total. The Bertz CT molecular complexity index is 374. The van der Waals surface area contributed by atoms with Crippen LogP contribution in [0.5, 0.6) is 5.75 Å². The van der Waals surface area contributed by atoms with E-state index in [0.29, 0.717) is 18.2 Å². The number of benzene rings is 1. The number of rotatable bonds is 7. The number of nitrogens with one attached hydrogen (secondary N) is 1. The molecule has 0 bridgehead atoms. The maximum Gasteiger partial charge on any atom is 0.142 e. The van der Waals surface area contributed by atoms with E-state index >= 15 is 0 Å². The maximum absolute atomic E-state index is 12.9. The second-order valence-corrected chi connectivity index (χ2v) is 5.00. The van der Waals surface area contributed by atoms with Crippen LogP contribution in [0.25, 0.3) is 0 Å². The third-order valence-electron chi connectivity index (χ3n) is 2.27. The molecule has 3 nitrogen and oxygen atoms in total. The Labute approximate surface area is 112 Å². The summed E-state index contributed by atoms with van der Waals surface area (Å²) in [5.41, 5.74) is 0. The number of ether oxygens (including phenoxy) is 1. The van der Waals surface area contributed by atoms with Crippen molar-refractivity contribution in [2.24, 2.45) is 5.92 Å². The van der Waals surface area contributed by atoms with Crippen molar-refractivity contribution >= 4 is 11.6 Å². The molecule has 1 rings (SSSR count). The van der Waals surface area contributed by atoms with Gasteiger partial charge in [0.25, 0.3) is 0 Å². The zero-order valence-corrected chi connectivity index (χ0v) is 11.4. The molecular weight excluding hydrogens is 257 g/mol. The van der Waals surface area contributed by atoms with Crippen molar-refractivity contribution in [2.45, 2.75) is 20.0 Å². The molecule has 0 aliphatic heterocycles. The minimum atomic E-state index is -0.604. The minimum absolute atomic E-state index is 0.0138. The molecule has 0 aliphatic rings. The van der Waals surface area contributed by atoms with Gasteiger partial charge in [0.05, 0.1) is 5.02 Å². The fourth-order valence-electron chi connectivity index (χ4n) is 1.36. The van der Waals surface area contributed by atoms with Crippen molar-refractivity contribution in [3.05, 3.63) is 29.0 Å². The monoisotopic (exact) mass is 275 g/mol. The number of hydrogen-bond acceptors (Lipinski definition) is 3. The number of hydrogen-bond donors (Lipinski definition) is 2. The van der Waals surface area contributed by atoms with Crippen LogP contribution >= 0.6 is 11.6 Å². The van der Waals surface area contributed by atoms with Crippen LogP contribution in [-0.2, 0) is 0 Å². The summed E-state index contributed by atoms with van der Waals surface area (Å²) in [4.78, 5) is 0. The molecule has 1 atom stereocenters. The molecule has 0 saturated heterocycles. The van der Waals surface area contributed by atoms with Gasteiger partial charge in [-0.2, -0.15) is 0 Å². The highest BCUT2D eigenvalue weighted by molar-refractivity contribution is 6.30. The summed E-state index contributed by atoms with van der Waals surface area (Å²) in [5, 5.41) is 12.8. The van der Waals surface area contributed by atoms with Gasteiger partial charge in [0, 0.05) is 12.6 Å². The largest absolute Gasteiger partial charge is 0.491 e. The Morgan fingerprint density at radius 3 is 2.72 bits per heavy atom. The fourth-order valence-corrected chi connectivity index (χ4v) is 1.53. The summed E-state index contributed by atoms with van der Waals surface area (Å²) in [5.74, 6) is 0.501. The number of halogens is 2. The summed E-state index contributed by atoms with van der Waals surface area (Å²) < 4.78 is 18.2. The third-order valence-corrected chi connectivity index (χ3v) is 2.56. The minimum Gasteiger partial charge on any atom is -0.491 e. The van der Waals surface area contributed by atoms with Crippen LogP contribution in [0, 0.1) is 11.7 Å². The molecule has 1 aromatic carbocycles. The van der Waals surface area contributed by atoms with Crippen LogP contribution < -0.4 is 10.1 Å². The van der Waals surface area contributed by atoms with Gasteiger partial charge in [-0.15, -0.1) is 0 Å². The van der Waals surface area contributed by atoms with Gasteiger partial charge in [0.1, 0.15) is 24.3 Å². The predicted octanol–water partition coefficient (Wildman–Crippen LogP) is 2.46. The predicted molar refractivity (Wildman–Crippen MR) is 70.6 cm³/mol. The molecular formula is C13H19ClFNO2. The van der Waals surface area contributed by atoms with Crippen LogP contribution in [0.4, 0.5) is 4.39 Å². The van der Waals surface area contributed by atoms with Crippen molar-refractivity contribution in [3.63, 3.8) is 0 Å². The van der Waals surface area contributed by atoms with E-state index < -0.39 is 11.9 Å². The molecule has 0 fully saturated rings. The molecule has 18 heavy (non-hydrogen) atoms. The first-order valence-electron chi connectivity index (χ1n) is 5.95. The Kier molecular flexibility index (Phi) is 6.39. The lowest BCUT2D eigenvalue weighted by Crippen LogP contribution is -2.33. The van der Waals surface area contributed by atoms with Crippen molar-refractivity contribution in [1.29, 1.82) is 0 Å². The smallest absolute Gasteiger partial charge is 0.142 e. The van der Waals surface area contributed by atoms with Crippen LogP contribution in [0.2, 0.25) is 5.02 Å². The van der Waals surface area contributed by atoms with Crippen molar-refractivity contribution in [1.82, 2.24) is 5.32 Å². The molecule has 0 spiro atoms. The van der Waals surface area contributed by atoms with Gasteiger partial charge in [-0.25, -0.2) is 4.39 Å². The second-order valence-electron chi connectivity index (χ2n) is 4.59. The van der Waals surface area contributed by atoms with Crippen molar-refractivity contribution < 1.29 is 14.2 Å². The quantitative estimate of drug-likeness (QED) is 0.803. The van der Waals surface area contributed by atoms with E-state index in [4.69, 9.17) is 16.3 Å². The van der Waals surface area contributed by atoms with E-state index in [1.807, 2.05) is 0 Å². The molecule has 102 valence electrons. The van der Waals surface area contributed by atoms with Crippen molar-refractivity contribution in [3.8, 4) is 5.75 Å². The number of aliphatic hydroxyl groups excluding tert-OH is 1. The van der Waals surface area contributed by atoms with Gasteiger partial charge >= 0.3 is 0 Å².